The smallest absolute Gasteiger partial charge is 0.151 e. The summed E-state index contributed by atoms with van der Waals surface area (Å²) in [5.41, 5.74) is 2.32. The van der Waals surface area contributed by atoms with Gasteiger partial charge in [0.2, 0.25) is 0 Å². The molecule has 0 unspecified atom stereocenters. The van der Waals surface area contributed by atoms with Gasteiger partial charge < -0.3 is 14.2 Å². The van der Waals surface area contributed by atoms with Gasteiger partial charge in [0.25, 0.3) is 0 Å². The van der Waals surface area contributed by atoms with E-state index in [4.69, 9.17) is 14.2 Å². The summed E-state index contributed by atoms with van der Waals surface area (Å²) in [5, 5.41) is 0. The van der Waals surface area contributed by atoms with Crippen molar-refractivity contribution in [1.29, 1.82) is 0 Å². The van der Waals surface area contributed by atoms with Gasteiger partial charge >= 0.3 is 0 Å². The lowest BCUT2D eigenvalue weighted by molar-refractivity contribution is -0.0488. The molecule has 22 heavy (non-hydrogen) atoms. The SMILES string of the molecule is C1=C[C@H](OCc2ccccc2)[C@@H](COCc2ccccc2)O1. The average molecular weight is 296 g/mol. The molecule has 1 aliphatic heterocycles. The Balaban J connectivity index is 1.43. The van der Waals surface area contributed by atoms with E-state index in [1.54, 1.807) is 6.26 Å². The summed E-state index contributed by atoms with van der Waals surface area (Å²) in [4.78, 5) is 0. The molecule has 2 aromatic rings. The first kappa shape index (κ1) is 14.8. The van der Waals surface area contributed by atoms with Crippen molar-refractivity contribution in [3.8, 4) is 0 Å². The molecule has 0 aromatic heterocycles. The molecule has 0 N–H and O–H groups in total. The molecule has 0 radical (unpaired) electrons. The van der Waals surface area contributed by atoms with Crippen LogP contribution >= 0.6 is 0 Å². The second-order valence-electron chi connectivity index (χ2n) is 5.27. The molecule has 3 rings (SSSR count). The number of benzene rings is 2. The third-order valence-corrected chi connectivity index (χ3v) is 3.57. The number of hydrogen-bond donors (Lipinski definition) is 0. The topological polar surface area (TPSA) is 27.7 Å². The first-order chi connectivity index (χ1) is 10.9. The van der Waals surface area contributed by atoms with Crippen molar-refractivity contribution >= 4 is 0 Å². The molecule has 2 atom stereocenters. The summed E-state index contributed by atoms with van der Waals surface area (Å²) in [5.74, 6) is 0. The lowest BCUT2D eigenvalue weighted by Crippen LogP contribution is -2.29. The molecule has 2 aromatic carbocycles. The lowest BCUT2D eigenvalue weighted by atomic mass is 10.2. The van der Waals surface area contributed by atoms with Crippen LogP contribution in [0.4, 0.5) is 0 Å². The second-order valence-corrected chi connectivity index (χ2v) is 5.27. The van der Waals surface area contributed by atoms with Gasteiger partial charge in [-0.05, 0) is 17.2 Å². The van der Waals surface area contributed by atoms with E-state index in [2.05, 4.69) is 24.3 Å². The molecule has 0 bridgehead atoms. The van der Waals surface area contributed by atoms with E-state index in [1.165, 1.54) is 0 Å². The summed E-state index contributed by atoms with van der Waals surface area (Å²) in [6, 6.07) is 20.3. The van der Waals surface area contributed by atoms with E-state index in [1.807, 2.05) is 42.5 Å². The van der Waals surface area contributed by atoms with Crippen LogP contribution in [0.15, 0.2) is 73.0 Å². The predicted octanol–water partition coefficient (Wildman–Crippen LogP) is 3.70. The predicted molar refractivity (Wildman–Crippen MR) is 85.1 cm³/mol. The van der Waals surface area contributed by atoms with E-state index < -0.39 is 0 Å². The third kappa shape index (κ3) is 4.20. The minimum Gasteiger partial charge on any atom is -0.493 e. The Labute approximate surface area is 131 Å². The first-order valence-corrected chi connectivity index (χ1v) is 7.51. The average Bonchev–Trinajstić information content (AvgIpc) is 3.02. The van der Waals surface area contributed by atoms with Crippen LogP contribution in [-0.2, 0) is 27.4 Å². The van der Waals surface area contributed by atoms with Gasteiger partial charge in [-0.1, -0.05) is 60.7 Å². The van der Waals surface area contributed by atoms with Crippen LogP contribution in [0.1, 0.15) is 11.1 Å². The van der Waals surface area contributed by atoms with E-state index in [0.717, 1.165) is 11.1 Å². The third-order valence-electron chi connectivity index (χ3n) is 3.57. The number of ether oxygens (including phenoxy) is 3. The molecule has 0 aliphatic carbocycles. The van der Waals surface area contributed by atoms with Crippen LogP contribution in [-0.4, -0.2) is 18.8 Å². The van der Waals surface area contributed by atoms with E-state index in [0.29, 0.717) is 19.8 Å². The molecular formula is C19H20O3. The van der Waals surface area contributed by atoms with Crippen LogP contribution in [0.2, 0.25) is 0 Å². The quantitative estimate of drug-likeness (QED) is 0.779. The van der Waals surface area contributed by atoms with Gasteiger partial charge in [0, 0.05) is 0 Å². The Morgan fingerprint density at radius 1 is 0.818 bits per heavy atom. The first-order valence-electron chi connectivity index (χ1n) is 7.51. The van der Waals surface area contributed by atoms with E-state index in [-0.39, 0.29) is 12.2 Å². The van der Waals surface area contributed by atoms with Gasteiger partial charge in [-0.15, -0.1) is 0 Å². The molecule has 1 aliphatic rings. The Kier molecular flexibility index (Phi) is 5.24. The van der Waals surface area contributed by atoms with Crippen molar-refractivity contribution in [2.45, 2.75) is 25.4 Å². The molecular weight excluding hydrogens is 276 g/mol. The highest BCUT2D eigenvalue weighted by Crippen LogP contribution is 2.17. The normalized spacial score (nSPS) is 20.0. The van der Waals surface area contributed by atoms with E-state index in [9.17, 15) is 0 Å². The maximum Gasteiger partial charge on any atom is 0.151 e. The van der Waals surface area contributed by atoms with Gasteiger partial charge in [-0.25, -0.2) is 0 Å². The van der Waals surface area contributed by atoms with Crippen LogP contribution in [0.3, 0.4) is 0 Å². The molecule has 0 saturated heterocycles. The Morgan fingerprint density at radius 2 is 1.45 bits per heavy atom. The largest absolute Gasteiger partial charge is 0.493 e. The van der Waals surface area contributed by atoms with Crippen molar-refractivity contribution < 1.29 is 14.2 Å². The monoisotopic (exact) mass is 296 g/mol. The van der Waals surface area contributed by atoms with Crippen LogP contribution in [0.25, 0.3) is 0 Å². The van der Waals surface area contributed by atoms with Crippen LogP contribution in [0.5, 0.6) is 0 Å². The summed E-state index contributed by atoms with van der Waals surface area (Å²) in [7, 11) is 0. The maximum atomic E-state index is 5.91. The van der Waals surface area contributed by atoms with Gasteiger partial charge in [0.05, 0.1) is 26.1 Å². The second kappa shape index (κ2) is 7.78. The van der Waals surface area contributed by atoms with Gasteiger partial charge in [0.1, 0.15) is 6.10 Å². The van der Waals surface area contributed by atoms with Gasteiger partial charge in [0.15, 0.2) is 6.10 Å². The van der Waals surface area contributed by atoms with Crippen molar-refractivity contribution in [1.82, 2.24) is 0 Å². The number of rotatable bonds is 7. The molecule has 0 fully saturated rings. The highest BCUT2D eigenvalue weighted by atomic mass is 16.6. The fourth-order valence-corrected chi connectivity index (χ4v) is 2.36. The van der Waals surface area contributed by atoms with Crippen molar-refractivity contribution in [2.75, 3.05) is 6.61 Å². The fourth-order valence-electron chi connectivity index (χ4n) is 2.36. The number of hydrogen-bond acceptors (Lipinski definition) is 3. The zero-order valence-electron chi connectivity index (χ0n) is 12.4. The summed E-state index contributed by atoms with van der Waals surface area (Å²) in [6.07, 6.45) is 3.51. The van der Waals surface area contributed by atoms with E-state index >= 15 is 0 Å². The molecule has 0 amide bonds. The lowest BCUT2D eigenvalue weighted by Gasteiger charge is -2.19. The Morgan fingerprint density at radius 3 is 2.14 bits per heavy atom. The highest BCUT2D eigenvalue weighted by molar-refractivity contribution is 5.14. The maximum absolute atomic E-state index is 5.91. The van der Waals surface area contributed by atoms with Crippen LogP contribution in [0, 0.1) is 0 Å². The Hall–Kier alpha value is -2.10. The molecule has 3 nitrogen and oxygen atoms in total. The molecule has 0 saturated carbocycles. The fraction of sp³-hybridized carbons (Fsp3) is 0.263. The highest BCUT2D eigenvalue weighted by Gasteiger charge is 2.25. The van der Waals surface area contributed by atoms with Crippen molar-refractivity contribution in [3.05, 3.63) is 84.1 Å². The minimum absolute atomic E-state index is 0.0593. The molecule has 3 heteroatoms. The molecule has 1 heterocycles. The minimum atomic E-state index is -0.0765. The summed E-state index contributed by atoms with van der Waals surface area (Å²) < 4.78 is 17.2. The zero-order valence-corrected chi connectivity index (χ0v) is 12.4. The Bertz CT molecular complexity index is 580. The van der Waals surface area contributed by atoms with Crippen molar-refractivity contribution in [2.24, 2.45) is 0 Å². The molecule has 0 spiro atoms. The van der Waals surface area contributed by atoms with Crippen LogP contribution < -0.4 is 0 Å². The van der Waals surface area contributed by atoms with Crippen molar-refractivity contribution in [3.63, 3.8) is 0 Å². The summed E-state index contributed by atoms with van der Waals surface area (Å²) in [6.45, 7) is 1.68. The van der Waals surface area contributed by atoms with Gasteiger partial charge in [-0.2, -0.15) is 0 Å². The van der Waals surface area contributed by atoms with Gasteiger partial charge in [-0.3, -0.25) is 0 Å². The zero-order chi connectivity index (χ0) is 15.0. The summed E-state index contributed by atoms with van der Waals surface area (Å²) >= 11 is 0. The standard InChI is InChI=1S/C19H20O3/c1-3-7-16(8-4-1)13-20-15-19-18(11-12-21-19)22-14-17-9-5-2-6-10-17/h1-12,18-19H,13-15H2/t18-,19+/m0/s1. The molecule has 114 valence electrons.